The summed E-state index contributed by atoms with van der Waals surface area (Å²) in [7, 11) is 0. The third-order valence-electron chi connectivity index (χ3n) is 4.15. The van der Waals surface area contributed by atoms with Crippen LogP contribution in [0.4, 0.5) is 4.79 Å². The van der Waals surface area contributed by atoms with E-state index in [-0.39, 0.29) is 12.4 Å². The molecule has 0 spiro atoms. The molecule has 1 saturated heterocycles. The van der Waals surface area contributed by atoms with E-state index in [0.29, 0.717) is 5.92 Å². The van der Waals surface area contributed by atoms with Gasteiger partial charge in [-0.05, 0) is 69.7 Å². The Hall–Kier alpha value is -1.26. The van der Waals surface area contributed by atoms with Crippen LogP contribution in [0.1, 0.15) is 50.2 Å². The van der Waals surface area contributed by atoms with Gasteiger partial charge in [0.2, 0.25) is 0 Å². The van der Waals surface area contributed by atoms with Crippen LogP contribution in [-0.4, -0.2) is 24.8 Å². The van der Waals surface area contributed by atoms with Crippen LogP contribution in [0.2, 0.25) is 0 Å². The zero-order valence-electron chi connectivity index (χ0n) is 13.4. The van der Waals surface area contributed by atoms with Crippen molar-refractivity contribution in [3.05, 3.63) is 35.4 Å². The highest BCUT2D eigenvalue weighted by Crippen LogP contribution is 2.26. The Labute approximate surface area is 139 Å². The number of carbonyl (C=O) groups excluding carboxylic acids is 1. The van der Waals surface area contributed by atoms with Gasteiger partial charge in [0, 0.05) is 0 Å². The van der Waals surface area contributed by atoms with Crippen molar-refractivity contribution < 1.29 is 9.53 Å². The summed E-state index contributed by atoms with van der Waals surface area (Å²) in [6.07, 6.45) is 3.37. The average molecular weight is 327 g/mol. The molecule has 0 bridgehead atoms. The molecule has 1 fully saturated rings. The molecule has 0 radical (unpaired) electrons. The topological polar surface area (TPSA) is 64.3 Å². The van der Waals surface area contributed by atoms with Gasteiger partial charge >= 0.3 is 6.09 Å². The number of hydrogen-bond acceptors (Lipinski definition) is 3. The largest absolute Gasteiger partial charge is 0.444 e. The van der Waals surface area contributed by atoms with E-state index in [1.54, 1.807) is 0 Å². The number of amides is 1. The minimum Gasteiger partial charge on any atom is -0.444 e. The number of piperidine rings is 1. The molecular formula is C17H27ClN2O2. The predicted molar refractivity (Wildman–Crippen MR) is 91.6 cm³/mol. The van der Waals surface area contributed by atoms with Crippen molar-refractivity contribution in [1.82, 2.24) is 5.32 Å². The SMILES string of the molecule is CC(C)(CCc1cccc(C2CCNCC2)c1)OC(N)=O.Cl. The van der Waals surface area contributed by atoms with Crippen LogP contribution in [-0.2, 0) is 11.2 Å². The van der Waals surface area contributed by atoms with Crippen molar-refractivity contribution in [1.29, 1.82) is 0 Å². The van der Waals surface area contributed by atoms with Crippen LogP contribution >= 0.6 is 12.4 Å². The van der Waals surface area contributed by atoms with Gasteiger partial charge < -0.3 is 15.8 Å². The van der Waals surface area contributed by atoms with E-state index in [0.717, 1.165) is 25.9 Å². The number of rotatable bonds is 5. The minimum atomic E-state index is -0.705. The van der Waals surface area contributed by atoms with Gasteiger partial charge in [0.25, 0.3) is 0 Å². The lowest BCUT2D eigenvalue weighted by atomic mass is 9.88. The standard InChI is InChI=1S/C17H26N2O2.ClH/c1-17(2,21-16(18)20)9-6-13-4-3-5-15(12-13)14-7-10-19-11-8-14;/h3-5,12,14,19H,6-11H2,1-2H3,(H2,18,20);1H. The minimum absolute atomic E-state index is 0. The average Bonchev–Trinajstić information content (AvgIpc) is 2.45. The van der Waals surface area contributed by atoms with Crippen LogP contribution in [0.5, 0.6) is 0 Å². The van der Waals surface area contributed by atoms with E-state index < -0.39 is 11.7 Å². The fraction of sp³-hybridized carbons (Fsp3) is 0.588. The van der Waals surface area contributed by atoms with Crippen molar-refractivity contribution in [3.63, 3.8) is 0 Å². The number of aryl methyl sites for hydroxylation is 1. The first-order valence-corrected chi connectivity index (χ1v) is 7.74. The van der Waals surface area contributed by atoms with Crippen molar-refractivity contribution >= 4 is 18.5 Å². The molecule has 4 nitrogen and oxygen atoms in total. The number of benzene rings is 1. The maximum atomic E-state index is 10.9. The molecule has 1 aromatic carbocycles. The molecule has 5 heteroatoms. The Bertz CT molecular complexity index is 485. The van der Waals surface area contributed by atoms with E-state index in [9.17, 15) is 4.79 Å². The molecule has 1 heterocycles. The molecule has 1 aliphatic rings. The molecule has 1 aliphatic heterocycles. The number of halogens is 1. The van der Waals surface area contributed by atoms with Crippen molar-refractivity contribution in [2.75, 3.05) is 13.1 Å². The highest BCUT2D eigenvalue weighted by molar-refractivity contribution is 5.85. The van der Waals surface area contributed by atoms with Gasteiger partial charge in [0.15, 0.2) is 0 Å². The van der Waals surface area contributed by atoms with Crippen molar-refractivity contribution in [2.45, 2.75) is 51.0 Å². The van der Waals surface area contributed by atoms with Crippen LogP contribution < -0.4 is 11.1 Å². The van der Waals surface area contributed by atoms with Crippen molar-refractivity contribution in [2.24, 2.45) is 5.73 Å². The fourth-order valence-corrected chi connectivity index (χ4v) is 2.93. The lowest BCUT2D eigenvalue weighted by Crippen LogP contribution is -2.31. The number of carbonyl (C=O) groups is 1. The van der Waals surface area contributed by atoms with E-state index in [4.69, 9.17) is 10.5 Å². The fourth-order valence-electron chi connectivity index (χ4n) is 2.93. The zero-order valence-corrected chi connectivity index (χ0v) is 14.2. The summed E-state index contributed by atoms with van der Waals surface area (Å²) in [6.45, 7) is 6.01. The smallest absolute Gasteiger partial charge is 0.405 e. The summed E-state index contributed by atoms with van der Waals surface area (Å²) in [5.41, 5.74) is 7.32. The summed E-state index contributed by atoms with van der Waals surface area (Å²) in [4.78, 5) is 10.9. The number of nitrogens with two attached hydrogens (primary N) is 1. The van der Waals surface area contributed by atoms with E-state index in [2.05, 4.69) is 29.6 Å². The van der Waals surface area contributed by atoms with E-state index >= 15 is 0 Å². The molecule has 1 aromatic rings. The second kappa shape index (κ2) is 8.39. The summed E-state index contributed by atoms with van der Waals surface area (Å²) in [5.74, 6) is 0.668. The Balaban J connectivity index is 0.00000242. The van der Waals surface area contributed by atoms with Crippen LogP contribution in [0.25, 0.3) is 0 Å². The normalized spacial score (nSPS) is 15.9. The van der Waals surface area contributed by atoms with Crippen LogP contribution in [0.15, 0.2) is 24.3 Å². The Morgan fingerprint density at radius 2 is 2.05 bits per heavy atom. The number of hydrogen-bond donors (Lipinski definition) is 2. The first-order valence-electron chi connectivity index (χ1n) is 7.74. The van der Waals surface area contributed by atoms with Gasteiger partial charge in [-0.1, -0.05) is 24.3 Å². The first-order chi connectivity index (χ1) is 9.96. The van der Waals surface area contributed by atoms with Gasteiger partial charge in [-0.25, -0.2) is 4.79 Å². The molecule has 0 aromatic heterocycles. The van der Waals surface area contributed by atoms with Crippen molar-refractivity contribution in [3.8, 4) is 0 Å². The van der Waals surface area contributed by atoms with Gasteiger partial charge in [0.1, 0.15) is 5.60 Å². The second-order valence-electron chi connectivity index (χ2n) is 6.45. The molecule has 3 N–H and O–H groups in total. The highest BCUT2D eigenvalue weighted by atomic mass is 35.5. The summed E-state index contributed by atoms with van der Waals surface area (Å²) in [5, 5.41) is 3.40. The molecule has 22 heavy (non-hydrogen) atoms. The molecule has 0 atom stereocenters. The lowest BCUT2D eigenvalue weighted by molar-refractivity contribution is 0.0394. The van der Waals surface area contributed by atoms with E-state index in [1.807, 2.05) is 13.8 Å². The molecule has 124 valence electrons. The summed E-state index contributed by atoms with van der Waals surface area (Å²) in [6, 6.07) is 8.81. The van der Waals surface area contributed by atoms with Crippen LogP contribution in [0.3, 0.4) is 0 Å². The van der Waals surface area contributed by atoms with Gasteiger partial charge in [0.05, 0.1) is 0 Å². The highest BCUT2D eigenvalue weighted by Gasteiger charge is 2.21. The maximum Gasteiger partial charge on any atom is 0.405 e. The molecule has 0 unspecified atom stereocenters. The Morgan fingerprint density at radius 3 is 2.68 bits per heavy atom. The number of ether oxygens (including phenoxy) is 1. The number of nitrogens with one attached hydrogen (secondary N) is 1. The Morgan fingerprint density at radius 1 is 1.36 bits per heavy atom. The lowest BCUT2D eigenvalue weighted by Gasteiger charge is -2.25. The monoisotopic (exact) mass is 326 g/mol. The van der Waals surface area contributed by atoms with Gasteiger partial charge in [-0.3, -0.25) is 0 Å². The Kier molecular flexibility index (Phi) is 7.17. The third-order valence-corrected chi connectivity index (χ3v) is 4.15. The molecular weight excluding hydrogens is 300 g/mol. The number of primary amides is 1. The molecule has 1 amide bonds. The quantitative estimate of drug-likeness (QED) is 0.871. The molecule has 0 aliphatic carbocycles. The third kappa shape index (κ3) is 5.85. The van der Waals surface area contributed by atoms with Gasteiger partial charge in [-0.15, -0.1) is 12.4 Å². The summed E-state index contributed by atoms with van der Waals surface area (Å²) >= 11 is 0. The predicted octanol–water partition coefficient (Wildman–Crippen LogP) is 3.38. The molecule has 2 rings (SSSR count). The molecule has 0 saturated carbocycles. The first kappa shape index (κ1) is 18.8. The van der Waals surface area contributed by atoms with E-state index in [1.165, 1.54) is 24.0 Å². The van der Waals surface area contributed by atoms with Crippen LogP contribution in [0, 0.1) is 0 Å². The second-order valence-corrected chi connectivity index (χ2v) is 6.45. The maximum absolute atomic E-state index is 10.9. The summed E-state index contributed by atoms with van der Waals surface area (Å²) < 4.78 is 5.14. The zero-order chi connectivity index (χ0) is 15.3. The van der Waals surface area contributed by atoms with Gasteiger partial charge in [-0.2, -0.15) is 0 Å².